The van der Waals surface area contributed by atoms with Gasteiger partial charge in [0.1, 0.15) is 5.01 Å². The van der Waals surface area contributed by atoms with Gasteiger partial charge >= 0.3 is 0 Å². The highest BCUT2D eigenvalue weighted by Crippen LogP contribution is 2.24. The number of primary amides is 1. The van der Waals surface area contributed by atoms with Crippen molar-refractivity contribution in [3.05, 3.63) is 63.3 Å². The number of amides is 1. The summed E-state index contributed by atoms with van der Waals surface area (Å²) in [5.74, 6) is -0.377. The largest absolute Gasteiger partial charge is 0.366 e. The Morgan fingerprint density at radius 1 is 1.18 bits per heavy atom. The maximum atomic E-state index is 11.0. The summed E-state index contributed by atoms with van der Waals surface area (Å²) < 4.78 is 0. The molecule has 0 fully saturated rings. The Balaban J connectivity index is 1.56. The van der Waals surface area contributed by atoms with Gasteiger partial charge in [-0.25, -0.2) is 4.98 Å². The standard InChI is InChI=1S/C16H15N3OS2/c17-15(20)12-6-13(21-10-12)7-18-8-14-9-19-16(22-14)11-4-2-1-3-5-11/h1-6,9-10,18H,7-8H2,(H2,17,20). The number of nitrogens with one attached hydrogen (secondary N) is 1. The molecule has 0 aliphatic rings. The topological polar surface area (TPSA) is 68.0 Å². The number of nitrogens with two attached hydrogens (primary N) is 1. The van der Waals surface area contributed by atoms with E-state index in [0.717, 1.165) is 28.5 Å². The number of carbonyl (C=O) groups is 1. The SMILES string of the molecule is NC(=O)c1csc(CNCc2cnc(-c3ccccc3)s2)c1. The summed E-state index contributed by atoms with van der Waals surface area (Å²) in [7, 11) is 0. The third-order valence-electron chi connectivity index (χ3n) is 3.11. The molecule has 6 heteroatoms. The molecule has 3 aromatic rings. The zero-order valence-electron chi connectivity index (χ0n) is 11.8. The van der Waals surface area contributed by atoms with Crippen LogP contribution in [0.1, 0.15) is 20.1 Å². The Morgan fingerprint density at radius 3 is 2.68 bits per heavy atom. The molecule has 2 aromatic heterocycles. The van der Waals surface area contributed by atoms with Gasteiger partial charge in [-0.1, -0.05) is 30.3 Å². The highest BCUT2D eigenvalue weighted by molar-refractivity contribution is 7.15. The van der Waals surface area contributed by atoms with E-state index in [1.54, 1.807) is 16.7 Å². The predicted octanol–water partition coefficient (Wildman–Crippen LogP) is 3.26. The van der Waals surface area contributed by atoms with Crippen LogP contribution in [-0.4, -0.2) is 10.9 Å². The molecular formula is C16H15N3OS2. The normalized spacial score (nSPS) is 10.7. The molecule has 0 radical (unpaired) electrons. The van der Waals surface area contributed by atoms with Crippen LogP contribution in [0.5, 0.6) is 0 Å². The summed E-state index contributed by atoms with van der Waals surface area (Å²) in [6.45, 7) is 1.48. The molecule has 1 aromatic carbocycles. The van der Waals surface area contributed by atoms with E-state index in [9.17, 15) is 4.79 Å². The number of hydrogen-bond donors (Lipinski definition) is 2. The lowest BCUT2D eigenvalue weighted by Gasteiger charge is -1.99. The second-order valence-electron chi connectivity index (χ2n) is 4.77. The summed E-state index contributed by atoms with van der Waals surface area (Å²) in [6, 6.07) is 12.0. The minimum Gasteiger partial charge on any atom is -0.366 e. The molecule has 2 heterocycles. The number of thiazole rings is 1. The molecule has 4 nitrogen and oxygen atoms in total. The van der Waals surface area contributed by atoms with E-state index in [-0.39, 0.29) is 5.91 Å². The van der Waals surface area contributed by atoms with E-state index in [1.165, 1.54) is 16.2 Å². The molecular weight excluding hydrogens is 314 g/mol. The molecule has 0 spiro atoms. The van der Waals surface area contributed by atoms with Crippen molar-refractivity contribution < 1.29 is 4.79 Å². The van der Waals surface area contributed by atoms with E-state index in [2.05, 4.69) is 22.4 Å². The van der Waals surface area contributed by atoms with Crippen molar-refractivity contribution in [2.75, 3.05) is 0 Å². The van der Waals surface area contributed by atoms with E-state index in [0.29, 0.717) is 5.56 Å². The van der Waals surface area contributed by atoms with Crippen LogP contribution in [0.15, 0.2) is 48.0 Å². The number of benzene rings is 1. The van der Waals surface area contributed by atoms with Crippen LogP contribution in [0.25, 0.3) is 10.6 Å². The van der Waals surface area contributed by atoms with E-state index >= 15 is 0 Å². The van der Waals surface area contributed by atoms with Crippen LogP contribution in [0.4, 0.5) is 0 Å². The molecule has 0 aliphatic carbocycles. The van der Waals surface area contributed by atoms with Crippen LogP contribution < -0.4 is 11.1 Å². The fourth-order valence-corrected chi connectivity index (χ4v) is 3.75. The summed E-state index contributed by atoms with van der Waals surface area (Å²) in [6.07, 6.45) is 1.91. The fraction of sp³-hybridized carbons (Fsp3) is 0.125. The van der Waals surface area contributed by atoms with Crippen LogP contribution >= 0.6 is 22.7 Å². The molecule has 0 saturated heterocycles. The molecule has 3 rings (SSSR count). The summed E-state index contributed by atoms with van der Waals surface area (Å²) >= 11 is 3.23. The summed E-state index contributed by atoms with van der Waals surface area (Å²) in [5, 5.41) is 6.19. The van der Waals surface area contributed by atoms with Gasteiger partial charge in [-0.15, -0.1) is 22.7 Å². The van der Waals surface area contributed by atoms with Crippen LogP contribution in [0.3, 0.4) is 0 Å². The highest BCUT2D eigenvalue weighted by Gasteiger charge is 2.06. The molecule has 1 amide bonds. The van der Waals surface area contributed by atoms with Crippen molar-refractivity contribution in [1.82, 2.24) is 10.3 Å². The second-order valence-corrected chi connectivity index (χ2v) is 6.88. The lowest BCUT2D eigenvalue weighted by atomic mass is 10.2. The smallest absolute Gasteiger partial charge is 0.249 e. The Bertz CT molecular complexity index is 765. The minimum absolute atomic E-state index is 0.377. The summed E-state index contributed by atoms with van der Waals surface area (Å²) in [4.78, 5) is 17.8. The maximum absolute atomic E-state index is 11.0. The van der Waals surface area contributed by atoms with E-state index in [1.807, 2.05) is 30.5 Å². The van der Waals surface area contributed by atoms with Gasteiger partial charge in [0.05, 0.1) is 5.56 Å². The first-order chi connectivity index (χ1) is 10.7. The highest BCUT2D eigenvalue weighted by atomic mass is 32.1. The van der Waals surface area contributed by atoms with Crippen LogP contribution in [0.2, 0.25) is 0 Å². The number of aromatic nitrogens is 1. The van der Waals surface area contributed by atoms with Gasteiger partial charge in [0.15, 0.2) is 0 Å². The molecule has 0 saturated carbocycles. The van der Waals surface area contributed by atoms with E-state index < -0.39 is 0 Å². The number of rotatable bonds is 6. The number of carbonyl (C=O) groups excluding carboxylic acids is 1. The first-order valence-corrected chi connectivity index (χ1v) is 8.50. The fourth-order valence-electron chi connectivity index (χ4n) is 2.01. The van der Waals surface area contributed by atoms with Gasteiger partial charge in [0.2, 0.25) is 5.91 Å². The van der Waals surface area contributed by atoms with Crippen molar-refractivity contribution in [2.45, 2.75) is 13.1 Å². The Morgan fingerprint density at radius 2 is 1.95 bits per heavy atom. The van der Waals surface area contributed by atoms with Gasteiger partial charge in [0.25, 0.3) is 0 Å². The monoisotopic (exact) mass is 329 g/mol. The molecule has 112 valence electrons. The van der Waals surface area contributed by atoms with Crippen LogP contribution in [-0.2, 0) is 13.1 Å². The molecule has 0 aliphatic heterocycles. The number of thiophene rings is 1. The molecule has 0 atom stereocenters. The number of nitrogens with zero attached hydrogens (tertiary/aromatic N) is 1. The first kappa shape index (κ1) is 14.9. The Labute approximate surface area is 136 Å². The van der Waals surface area contributed by atoms with Crippen molar-refractivity contribution in [3.8, 4) is 10.6 Å². The van der Waals surface area contributed by atoms with Crippen LogP contribution in [0, 0.1) is 0 Å². The minimum atomic E-state index is -0.377. The van der Waals surface area contributed by atoms with E-state index in [4.69, 9.17) is 5.73 Å². The lowest BCUT2D eigenvalue weighted by molar-refractivity contribution is 0.100. The Kier molecular flexibility index (Phi) is 4.62. The van der Waals surface area contributed by atoms with Gasteiger partial charge in [0, 0.05) is 40.0 Å². The Hall–Kier alpha value is -2.02. The zero-order chi connectivity index (χ0) is 15.4. The lowest BCUT2D eigenvalue weighted by Crippen LogP contribution is -2.11. The zero-order valence-corrected chi connectivity index (χ0v) is 13.4. The molecule has 22 heavy (non-hydrogen) atoms. The van der Waals surface area contributed by atoms with Crippen molar-refractivity contribution in [3.63, 3.8) is 0 Å². The molecule has 3 N–H and O–H groups in total. The number of hydrogen-bond acceptors (Lipinski definition) is 5. The molecule has 0 bridgehead atoms. The van der Waals surface area contributed by atoms with Crippen molar-refractivity contribution in [2.24, 2.45) is 5.73 Å². The second kappa shape index (κ2) is 6.83. The average molecular weight is 329 g/mol. The van der Waals surface area contributed by atoms with Gasteiger partial charge in [-0.3, -0.25) is 4.79 Å². The molecule has 0 unspecified atom stereocenters. The van der Waals surface area contributed by atoms with Crippen molar-refractivity contribution >= 4 is 28.6 Å². The first-order valence-electron chi connectivity index (χ1n) is 6.80. The third kappa shape index (κ3) is 3.59. The average Bonchev–Trinajstić information content (AvgIpc) is 3.18. The summed E-state index contributed by atoms with van der Waals surface area (Å²) in [5.41, 5.74) is 6.96. The van der Waals surface area contributed by atoms with Crippen molar-refractivity contribution in [1.29, 1.82) is 0 Å². The third-order valence-corrected chi connectivity index (χ3v) is 5.09. The van der Waals surface area contributed by atoms with Gasteiger partial charge in [-0.05, 0) is 6.07 Å². The van der Waals surface area contributed by atoms with Gasteiger partial charge < -0.3 is 11.1 Å². The quantitative estimate of drug-likeness (QED) is 0.729. The predicted molar refractivity (Wildman–Crippen MR) is 90.9 cm³/mol. The van der Waals surface area contributed by atoms with Gasteiger partial charge in [-0.2, -0.15) is 0 Å². The maximum Gasteiger partial charge on any atom is 0.249 e.